The number of alkyl halides is 1. The SMILES string of the molecule is CO[C@H](CF)[C@H](N)Cn1cccn1. The Labute approximate surface area is 76.5 Å². The first-order valence-electron chi connectivity index (χ1n) is 4.09. The van der Waals surface area contributed by atoms with E-state index >= 15 is 0 Å². The highest BCUT2D eigenvalue weighted by Gasteiger charge is 2.17. The van der Waals surface area contributed by atoms with Gasteiger partial charge in [0.05, 0.1) is 12.6 Å². The van der Waals surface area contributed by atoms with Crippen molar-refractivity contribution in [3.63, 3.8) is 0 Å². The van der Waals surface area contributed by atoms with Gasteiger partial charge in [-0.15, -0.1) is 0 Å². The molecule has 0 fully saturated rings. The summed E-state index contributed by atoms with van der Waals surface area (Å²) in [6.45, 7) is -0.103. The van der Waals surface area contributed by atoms with Gasteiger partial charge < -0.3 is 10.5 Å². The molecule has 0 aliphatic heterocycles. The number of aromatic nitrogens is 2. The molecule has 1 heterocycles. The highest BCUT2D eigenvalue weighted by Crippen LogP contribution is 1.99. The lowest BCUT2D eigenvalue weighted by Gasteiger charge is -2.19. The van der Waals surface area contributed by atoms with Gasteiger partial charge in [-0.1, -0.05) is 0 Å². The Kier molecular flexibility index (Phi) is 3.85. The number of hydrogen-bond acceptors (Lipinski definition) is 3. The molecule has 2 atom stereocenters. The maximum absolute atomic E-state index is 12.3. The van der Waals surface area contributed by atoms with E-state index in [1.807, 2.05) is 0 Å². The molecule has 0 spiro atoms. The monoisotopic (exact) mass is 187 g/mol. The van der Waals surface area contributed by atoms with E-state index < -0.39 is 12.8 Å². The lowest BCUT2D eigenvalue weighted by atomic mass is 10.2. The molecule has 4 nitrogen and oxygen atoms in total. The van der Waals surface area contributed by atoms with Crippen LogP contribution in [0, 0.1) is 0 Å². The zero-order chi connectivity index (χ0) is 9.68. The zero-order valence-corrected chi connectivity index (χ0v) is 7.56. The van der Waals surface area contributed by atoms with Gasteiger partial charge in [0, 0.05) is 19.5 Å². The molecule has 1 aromatic heterocycles. The molecule has 0 radical (unpaired) electrons. The van der Waals surface area contributed by atoms with E-state index in [0.29, 0.717) is 6.54 Å². The van der Waals surface area contributed by atoms with Crippen molar-refractivity contribution in [2.45, 2.75) is 18.7 Å². The zero-order valence-electron chi connectivity index (χ0n) is 7.56. The highest BCUT2D eigenvalue weighted by atomic mass is 19.1. The molecule has 1 aromatic rings. The minimum atomic E-state index is -0.571. The number of nitrogens with zero attached hydrogens (tertiary/aromatic N) is 2. The molecule has 0 amide bonds. The number of hydrogen-bond donors (Lipinski definition) is 1. The van der Waals surface area contributed by atoms with Crippen LogP contribution in [-0.2, 0) is 11.3 Å². The van der Waals surface area contributed by atoms with E-state index in [-0.39, 0.29) is 6.04 Å². The molecule has 0 saturated carbocycles. The Bertz CT molecular complexity index is 223. The van der Waals surface area contributed by atoms with Crippen molar-refractivity contribution < 1.29 is 9.13 Å². The fourth-order valence-corrected chi connectivity index (χ4v) is 1.09. The van der Waals surface area contributed by atoms with Gasteiger partial charge in [-0.3, -0.25) is 4.68 Å². The average molecular weight is 187 g/mol. The van der Waals surface area contributed by atoms with Gasteiger partial charge >= 0.3 is 0 Å². The van der Waals surface area contributed by atoms with Gasteiger partial charge in [0.15, 0.2) is 0 Å². The molecule has 0 aliphatic rings. The van der Waals surface area contributed by atoms with Crippen molar-refractivity contribution in [1.29, 1.82) is 0 Å². The Morgan fingerprint density at radius 1 is 1.69 bits per heavy atom. The fourth-order valence-electron chi connectivity index (χ4n) is 1.09. The predicted molar refractivity (Wildman–Crippen MR) is 47.0 cm³/mol. The molecular weight excluding hydrogens is 173 g/mol. The Hall–Kier alpha value is -0.940. The summed E-state index contributed by atoms with van der Waals surface area (Å²) in [6, 6.07) is 1.43. The predicted octanol–water partition coefficient (Wildman–Crippen LogP) is 0.195. The molecule has 2 N–H and O–H groups in total. The van der Waals surface area contributed by atoms with Crippen molar-refractivity contribution in [2.75, 3.05) is 13.8 Å². The van der Waals surface area contributed by atoms with Crippen LogP contribution in [0.1, 0.15) is 0 Å². The summed E-state index contributed by atoms with van der Waals surface area (Å²) in [7, 11) is 1.45. The topological polar surface area (TPSA) is 53.1 Å². The summed E-state index contributed by atoms with van der Waals surface area (Å²) in [5, 5.41) is 3.97. The third-order valence-corrected chi connectivity index (χ3v) is 1.89. The summed E-state index contributed by atoms with van der Waals surface area (Å²) < 4.78 is 18.8. The van der Waals surface area contributed by atoms with Crippen molar-refractivity contribution in [2.24, 2.45) is 5.73 Å². The first-order chi connectivity index (χ1) is 6.27. The first kappa shape index (κ1) is 10.1. The smallest absolute Gasteiger partial charge is 0.117 e. The maximum Gasteiger partial charge on any atom is 0.117 e. The normalized spacial score (nSPS) is 15.6. The molecule has 13 heavy (non-hydrogen) atoms. The molecule has 5 heteroatoms. The number of ether oxygens (including phenoxy) is 1. The lowest BCUT2D eigenvalue weighted by molar-refractivity contribution is 0.0534. The summed E-state index contributed by atoms with van der Waals surface area (Å²) >= 11 is 0. The van der Waals surface area contributed by atoms with Crippen LogP contribution in [0.25, 0.3) is 0 Å². The van der Waals surface area contributed by atoms with E-state index in [4.69, 9.17) is 10.5 Å². The third-order valence-electron chi connectivity index (χ3n) is 1.89. The van der Waals surface area contributed by atoms with Crippen LogP contribution in [0.4, 0.5) is 4.39 Å². The molecule has 0 aromatic carbocycles. The van der Waals surface area contributed by atoms with Crippen LogP contribution >= 0.6 is 0 Å². The summed E-state index contributed by atoms with van der Waals surface area (Å²) in [4.78, 5) is 0. The number of rotatable bonds is 5. The summed E-state index contributed by atoms with van der Waals surface area (Å²) in [5.74, 6) is 0. The minimum absolute atomic E-state index is 0.366. The van der Waals surface area contributed by atoms with E-state index in [1.54, 1.807) is 23.1 Å². The summed E-state index contributed by atoms with van der Waals surface area (Å²) in [5.41, 5.74) is 5.70. The average Bonchev–Trinajstić information content (AvgIpc) is 2.59. The largest absolute Gasteiger partial charge is 0.377 e. The standard InChI is InChI=1S/C8H14FN3O/c1-13-8(5-9)7(10)6-12-4-2-3-11-12/h2-4,7-8H,5-6,10H2,1H3/t7-,8-/m1/s1. The van der Waals surface area contributed by atoms with Crippen molar-refractivity contribution in [1.82, 2.24) is 9.78 Å². The number of nitrogens with two attached hydrogens (primary N) is 1. The van der Waals surface area contributed by atoms with E-state index in [2.05, 4.69) is 5.10 Å². The van der Waals surface area contributed by atoms with Crippen molar-refractivity contribution >= 4 is 0 Å². The Morgan fingerprint density at radius 2 is 2.46 bits per heavy atom. The minimum Gasteiger partial charge on any atom is -0.377 e. The quantitative estimate of drug-likeness (QED) is 0.716. The fraction of sp³-hybridized carbons (Fsp3) is 0.625. The Balaban J connectivity index is 2.44. The van der Waals surface area contributed by atoms with Crippen molar-refractivity contribution in [3.8, 4) is 0 Å². The van der Waals surface area contributed by atoms with Crippen LogP contribution in [-0.4, -0.2) is 35.7 Å². The lowest BCUT2D eigenvalue weighted by Crippen LogP contribution is -2.41. The van der Waals surface area contributed by atoms with E-state index in [9.17, 15) is 4.39 Å². The second-order valence-electron chi connectivity index (χ2n) is 2.82. The van der Waals surface area contributed by atoms with Gasteiger partial charge in [0.25, 0.3) is 0 Å². The summed E-state index contributed by atoms with van der Waals surface area (Å²) in [6.07, 6.45) is 2.89. The van der Waals surface area contributed by atoms with Gasteiger partial charge in [0.1, 0.15) is 12.8 Å². The van der Waals surface area contributed by atoms with Gasteiger partial charge in [-0.2, -0.15) is 5.10 Å². The highest BCUT2D eigenvalue weighted by molar-refractivity contribution is 4.81. The second-order valence-corrected chi connectivity index (χ2v) is 2.82. The number of methoxy groups -OCH3 is 1. The van der Waals surface area contributed by atoms with Crippen LogP contribution in [0.15, 0.2) is 18.5 Å². The van der Waals surface area contributed by atoms with Crippen molar-refractivity contribution in [3.05, 3.63) is 18.5 Å². The molecule has 0 unspecified atom stereocenters. The van der Waals surface area contributed by atoms with Crippen LogP contribution in [0.5, 0.6) is 0 Å². The van der Waals surface area contributed by atoms with Gasteiger partial charge in [-0.25, -0.2) is 4.39 Å². The maximum atomic E-state index is 12.3. The van der Waals surface area contributed by atoms with E-state index in [0.717, 1.165) is 0 Å². The van der Waals surface area contributed by atoms with Gasteiger partial charge in [0.2, 0.25) is 0 Å². The third kappa shape index (κ3) is 2.78. The molecular formula is C8H14FN3O. The molecule has 74 valence electrons. The van der Waals surface area contributed by atoms with Gasteiger partial charge in [-0.05, 0) is 6.07 Å². The second kappa shape index (κ2) is 4.94. The van der Waals surface area contributed by atoms with Crippen LogP contribution in [0.3, 0.4) is 0 Å². The Morgan fingerprint density at radius 3 is 2.92 bits per heavy atom. The van der Waals surface area contributed by atoms with E-state index in [1.165, 1.54) is 7.11 Å². The first-order valence-corrected chi connectivity index (χ1v) is 4.09. The molecule has 0 bridgehead atoms. The van der Waals surface area contributed by atoms with Crippen LogP contribution in [0.2, 0.25) is 0 Å². The van der Waals surface area contributed by atoms with Crippen LogP contribution < -0.4 is 5.73 Å². The molecule has 1 rings (SSSR count). The number of halogens is 1. The molecule has 0 saturated heterocycles. The molecule has 0 aliphatic carbocycles.